The van der Waals surface area contributed by atoms with Gasteiger partial charge in [0.25, 0.3) is 11.6 Å². The number of nitrogens with zero attached hydrogens (tertiary/aromatic N) is 3. The van der Waals surface area contributed by atoms with Crippen molar-refractivity contribution in [2.45, 2.75) is 6.92 Å². The highest BCUT2D eigenvalue weighted by molar-refractivity contribution is 5.94. The number of carbonyl (C=O) groups is 1. The van der Waals surface area contributed by atoms with Gasteiger partial charge in [0.15, 0.2) is 0 Å². The molecule has 9 heteroatoms. The number of H-pyrrole nitrogens is 1. The minimum atomic E-state index is -0.514. The molecule has 0 spiro atoms. The first-order chi connectivity index (χ1) is 13.6. The molecule has 0 radical (unpaired) electrons. The summed E-state index contributed by atoms with van der Waals surface area (Å²) in [5.74, 6) is 0.239. The van der Waals surface area contributed by atoms with E-state index >= 15 is 0 Å². The van der Waals surface area contributed by atoms with Crippen LogP contribution in [0.4, 0.5) is 5.69 Å². The standard InChI is InChI=1S/C19H17N5O4/c1-2-28-15-9-7-13(8-10-15)16-11-17(22-21-16)19(25)23-20-12-14-5-3-4-6-18(14)24(26)27/h3-12H,2H2,1H3,(H,21,22)(H,23,25). The molecule has 0 aliphatic rings. The Labute approximate surface area is 160 Å². The summed E-state index contributed by atoms with van der Waals surface area (Å²) in [5, 5.41) is 21.5. The number of para-hydroxylation sites is 1. The van der Waals surface area contributed by atoms with Crippen LogP contribution in [0.15, 0.2) is 59.7 Å². The molecule has 0 aliphatic heterocycles. The Morgan fingerprint density at radius 1 is 1.29 bits per heavy atom. The minimum Gasteiger partial charge on any atom is -0.494 e. The first kappa shape index (κ1) is 18.8. The highest BCUT2D eigenvalue weighted by Gasteiger charge is 2.12. The van der Waals surface area contributed by atoms with Gasteiger partial charge in [-0.3, -0.25) is 20.0 Å². The van der Waals surface area contributed by atoms with Crippen LogP contribution in [0.2, 0.25) is 0 Å². The molecule has 3 aromatic rings. The number of benzene rings is 2. The van der Waals surface area contributed by atoms with Crippen molar-refractivity contribution >= 4 is 17.8 Å². The van der Waals surface area contributed by atoms with Gasteiger partial charge in [-0.2, -0.15) is 10.2 Å². The molecule has 0 aliphatic carbocycles. The van der Waals surface area contributed by atoms with Crippen molar-refractivity contribution in [3.63, 3.8) is 0 Å². The molecule has 1 aromatic heterocycles. The van der Waals surface area contributed by atoms with E-state index in [4.69, 9.17) is 4.74 Å². The van der Waals surface area contributed by atoms with E-state index in [-0.39, 0.29) is 16.9 Å². The van der Waals surface area contributed by atoms with Gasteiger partial charge in [-0.25, -0.2) is 5.43 Å². The average Bonchev–Trinajstić information content (AvgIpc) is 3.19. The Bertz CT molecular complexity index is 1010. The van der Waals surface area contributed by atoms with Crippen molar-refractivity contribution in [3.05, 3.63) is 76.0 Å². The molecular formula is C19H17N5O4. The number of ether oxygens (including phenoxy) is 1. The van der Waals surface area contributed by atoms with Gasteiger partial charge in [-0.05, 0) is 43.3 Å². The van der Waals surface area contributed by atoms with Gasteiger partial charge < -0.3 is 4.74 Å². The fourth-order valence-corrected chi connectivity index (χ4v) is 2.46. The quantitative estimate of drug-likeness (QED) is 0.371. The van der Waals surface area contributed by atoms with Crippen molar-refractivity contribution in [2.75, 3.05) is 6.61 Å². The lowest BCUT2D eigenvalue weighted by molar-refractivity contribution is -0.385. The Kier molecular flexibility index (Phi) is 5.75. The Balaban J connectivity index is 1.67. The number of nitrogens with one attached hydrogen (secondary N) is 2. The number of aromatic amines is 1. The lowest BCUT2D eigenvalue weighted by Crippen LogP contribution is -2.18. The van der Waals surface area contributed by atoms with Crippen molar-refractivity contribution < 1.29 is 14.5 Å². The molecule has 28 heavy (non-hydrogen) atoms. The molecule has 0 bridgehead atoms. The maximum absolute atomic E-state index is 12.2. The fraction of sp³-hybridized carbons (Fsp3) is 0.105. The van der Waals surface area contributed by atoms with Crippen molar-refractivity contribution in [1.29, 1.82) is 0 Å². The van der Waals surface area contributed by atoms with Gasteiger partial charge >= 0.3 is 0 Å². The third kappa shape index (κ3) is 4.39. The molecule has 1 heterocycles. The predicted molar refractivity (Wildman–Crippen MR) is 103 cm³/mol. The second kappa shape index (κ2) is 8.58. The molecule has 142 valence electrons. The molecule has 3 rings (SSSR count). The molecule has 0 atom stereocenters. The highest BCUT2D eigenvalue weighted by Crippen LogP contribution is 2.21. The first-order valence-electron chi connectivity index (χ1n) is 8.44. The average molecular weight is 379 g/mol. The van der Waals surface area contributed by atoms with Crippen molar-refractivity contribution in [1.82, 2.24) is 15.6 Å². The summed E-state index contributed by atoms with van der Waals surface area (Å²) < 4.78 is 5.39. The van der Waals surface area contributed by atoms with E-state index < -0.39 is 10.8 Å². The van der Waals surface area contributed by atoms with Crippen LogP contribution in [0.3, 0.4) is 0 Å². The number of rotatable bonds is 7. The van der Waals surface area contributed by atoms with Gasteiger partial charge in [-0.1, -0.05) is 12.1 Å². The van der Waals surface area contributed by atoms with E-state index in [2.05, 4.69) is 20.7 Å². The van der Waals surface area contributed by atoms with Gasteiger partial charge in [0.05, 0.1) is 29.0 Å². The number of nitro groups is 1. The van der Waals surface area contributed by atoms with Crippen LogP contribution in [0, 0.1) is 10.1 Å². The zero-order chi connectivity index (χ0) is 19.9. The molecule has 2 aromatic carbocycles. The van der Waals surface area contributed by atoms with Gasteiger partial charge in [-0.15, -0.1) is 0 Å². The third-order valence-corrected chi connectivity index (χ3v) is 3.79. The molecule has 2 N–H and O–H groups in total. The molecule has 0 unspecified atom stereocenters. The summed E-state index contributed by atoms with van der Waals surface area (Å²) in [6.45, 7) is 2.49. The lowest BCUT2D eigenvalue weighted by Gasteiger charge is -2.02. The minimum absolute atomic E-state index is 0.0974. The van der Waals surface area contributed by atoms with Crippen molar-refractivity contribution in [2.24, 2.45) is 5.10 Å². The summed E-state index contributed by atoms with van der Waals surface area (Å²) in [7, 11) is 0. The second-order valence-electron chi connectivity index (χ2n) is 5.64. The zero-order valence-corrected chi connectivity index (χ0v) is 15.0. The largest absolute Gasteiger partial charge is 0.494 e. The summed E-state index contributed by atoms with van der Waals surface area (Å²) >= 11 is 0. The number of amides is 1. The SMILES string of the molecule is CCOc1ccc(-c2cc(C(=O)NN=Cc3ccccc3[N+](=O)[O-])[nH]n2)cc1. The molecular weight excluding hydrogens is 362 g/mol. The van der Waals surface area contributed by atoms with Crippen LogP contribution in [0.25, 0.3) is 11.3 Å². The van der Waals surface area contributed by atoms with Crippen LogP contribution in [0.1, 0.15) is 23.0 Å². The van der Waals surface area contributed by atoms with Crippen molar-refractivity contribution in [3.8, 4) is 17.0 Å². The van der Waals surface area contributed by atoms with E-state index in [1.807, 2.05) is 31.2 Å². The predicted octanol–water partition coefficient (Wildman–Crippen LogP) is 3.15. The number of hydrogen-bond acceptors (Lipinski definition) is 6. The maximum Gasteiger partial charge on any atom is 0.289 e. The third-order valence-electron chi connectivity index (χ3n) is 3.79. The summed E-state index contributed by atoms with van der Waals surface area (Å²) in [5.41, 5.74) is 4.13. The number of hydrogen-bond donors (Lipinski definition) is 2. The molecule has 9 nitrogen and oxygen atoms in total. The summed E-state index contributed by atoms with van der Waals surface area (Å²) in [6, 6.07) is 15.0. The number of nitro benzene ring substituents is 1. The molecule has 0 saturated carbocycles. The fourth-order valence-electron chi connectivity index (χ4n) is 2.46. The van der Waals surface area contributed by atoms with Crippen LogP contribution >= 0.6 is 0 Å². The Morgan fingerprint density at radius 3 is 2.75 bits per heavy atom. The normalized spacial score (nSPS) is 10.8. The molecule has 0 saturated heterocycles. The topological polar surface area (TPSA) is 123 Å². The molecule has 0 fully saturated rings. The second-order valence-corrected chi connectivity index (χ2v) is 5.64. The van der Waals surface area contributed by atoms with E-state index in [0.29, 0.717) is 12.3 Å². The smallest absolute Gasteiger partial charge is 0.289 e. The Hall–Kier alpha value is -4.01. The van der Waals surface area contributed by atoms with E-state index in [1.165, 1.54) is 18.3 Å². The van der Waals surface area contributed by atoms with Crippen LogP contribution in [-0.4, -0.2) is 33.8 Å². The zero-order valence-electron chi connectivity index (χ0n) is 15.0. The van der Waals surface area contributed by atoms with E-state index in [0.717, 1.165) is 11.3 Å². The van der Waals surface area contributed by atoms with Crippen LogP contribution in [0.5, 0.6) is 5.75 Å². The summed E-state index contributed by atoms with van der Waals surface area (Å²) in [6.07, 6.45) is 1.22. The number of hydrazone groups is 1. The molecule has 1 amide bonds. The van der Waals surface area contributed by atoms with Crippen LogP contribution in [-0.2, 0) is 0 Å². The Morgan fingerprint density at radius 2 is 2.04 bits per heavy atom. The number of aromatic nitrogens is 2. The van der Waals surface area contributed by atoms with Gasteiger partial charge in [0.1, 0.15) is 11.4 Å². The highest BCUT2D eigenvalue weighted by atomic mass is 16.6. The van der Waals surface area contributed by atoms with E-state index in [9.17, 15) is 14.9 Å². The number of carbonyl (C=O) groups excluding carboxylic acids is 1. The maximum atomic E-state index is 12.2. The van der Waals surface area contributed by atoms with Gasteiger partial charge in [0, 0.05) is 11.6 Å². The first-order valence-corrected chi connectivity index (χ1v) is 8.44. The monoisotopic (exact) mass is 379 g/mol. The lowest BCUT2D eigenvalue weighted by atomic mass is 10.1. The van der Waals surface area contributed by atoms with Gasteiger partial charge in [0.2, 0.25) is 0 Å². The summed E-state index contributed by atoms with van der Waals surface area (Å²) in [4.78, 5) is 22.6. The van der Waals surface area contributed by atoms with E-state index in [1.54, 1.807) is 18.2 Å². The van der Waals surface area contributed by atoms with Crippen LogP contribution < -0.4 is 10.2 Å².